The molecule has 52 heteroatoms. The number of aromatic amines is 1. The smallest absolute Gasteiger partial charge is 0.322 e. The van der Waals surface area contributed by atoms with Crippen molar-refractivity contribution in [1.82, 2.24) is 95.4 Å². The molecular formula is C78H119ClN24O27. The number of aliphatic hydroxyl groups excluding tert-OH is 4. The molecular weight excluding hydrogens is 1740 g/mol. The van der Waals surface area contributed by atoms with Crippen LogP contribution in [-0.2, 0) is 104 Å². The van der Waals surface area contributed by atoms with Crippen LogP contribution < -0.4 is 113 Å². The van der Waals surface area contributed by atoms with Gasteiger partial charge in [-0.3, -0.25) is 102 Å². The number of benzene rings is 2. The predicted molar refractivity (Wildman–Crippen MR) is 459 cm³/mol. The van der Waals surface area contributed by atoms with Crippen molar-refractivity contribution in [3.63, 3.8) is 0 Å². The molecule has 0 fully saturated rings. The van der Waals surface area contributed by atoms with Gasteiger partial charge < -0.3 is 159 Å². The molecule has 0 aliphatic heterocycles. The third-order valence-electron chi connectivity index (χ3n) is 19.3. The van der Waals surface area contributed by atoms with E-state index in [9.17, 15) is 127 Å². The zero-order valence-electron chi connectivity index (χ0n) is 71.6. The molecule has 0 spiro atoms. The third-order valence-corrected chi connectivity index (χ3v) is 19.6. The number of rotatable bonds is 62. The Morgan fingerprint density at radius 1 is 0.385 bits per heavy atom. The molecule has 3 aromatic rings. The van der Waals surface area contributed by atoms with Crippen LogP contribution in [0.3, 0.4) is 0 Å². The number of nitrogens with one attached hydrogen (secondary N) is 20. The number of H-pyrrole nitrogens is 1. The van der Waals surface area contributed by atoms with Crippen molar-refractivity contribution >= 4 is 147 Å². The molecule has 720 valence electrons. The van der Waals surface area contributed by atoms with Crippen molar-refractivity contribution in [2.24, 2.45) is 28.9 Å². The molecule has 0 saturated heterocycles. The van der Waals surface area contributed by atoms with Crippen LogP contribution in [0.4, 0.5) is 0 Å². The Morgan fingerprint density at radius 2 is 0.746 bits per heavy atom. The summed E-state index contributed by atoms with van der Waals surface area (Å²) in [5, 5.41) is 134. The number of hydrogen-bond acceptors (Lipinski definition) is 27. The lowest BCUT2D eigenvalue weighted by molar-refractivity contribution is -0.139. The molecule has 36 N–H and O–H groups in total. The SMILES string of the molecule is CC(C)C[C@H](NC(=O)[C@H](CCCNC(=N)N)NC(=O)[C@H](CO)NC(=O)[C@@H](N)CO)C(=O)N[C@@H](CCC(=O)O)C(=O)N[C@@H](CO)C(=O)N[C@@H](Cc1c[nH]c2ccccc12)C(=O)N[C@@H](Cc1ccc(Cl)cc1)C(=O)N[C@@H](C)C(=O)NCC(=O)N[C@@H](CCC(=O)O)C(=O)N[C@@H](CCCCN)C(=O)N[C@@H](CCC(=O)O)C(=O)N[C@@H](CO)C(=O)N[C@@H](CCCNC(=N)N)C(=O)NCC(=O)O. The zero-order chi connectivity index (χ0) is 97.4. The number of amides is 15. The number of aromatic nitrogens is 1. The fourth-order valence-electron chi connectivity index (χ4n) is 12.4. The molecule has 0 aliphatic rings. The van der Waals surface area contributed by atoms with Gasteiger partial charge in [0.25, 0.3) is 0 Å². The summed E-state index contributed by atoms with van der Waals surface area (Å²) in [6, 6.07) is -11.5. The van der Waals surface area contributed by atoms with Crippen molar-refractivity contribution in [3.05, 3.63) is 70.9 Å². The standard InChI is InChI=1S/C78H119ClN24O27/c1-38(2)28-52(98-67(121)48(14-9-27-87-78(84)85)95-74(128)55(35-105)101-64(118)44(81)34-104)72(126)97-51(21-24-61(113)114)70(124)103-57(37-107)76(130)100-54(30-41-31-88-45-11-5-4-10-43(41)45)73(127)99-53(29-40-15-17-42(79)18-16-40)71(125)91-39(3)63(117)89-32-58(108)92-49(19-22-59(109)110)68(122)94-47(12-6-7-25-80)66(120)96-50(20-23-60(111)112)69(123)102-56(36-106)75(129)93-46(13-8-26-86-77(82)83)65(119)90-33-62(115)116/h4-5,10-11,15-18,31,38-39,44,46-57,88,104-107H,6-9,12-14,19-30,32-37,80-81H2,1-3H3,(H,89,117)(H,90,119)(H,91,125)(H,92,108)(H,93,129)(H,94,122)(H,95,128)(H,96,120)(H,97,126)(H,98,121)(H,99,127)(H,100,130)(H,101,118)(H,102,123)(H,103,124)(H,109,110)(H,111,112)(H,113,114)(H,115,116)(H4,82,83,86)(H4,84,85,87)/t39-,44-,46-,47-,48-,49-,50-,51-,52-,53-,54-,55-,56-,57-/m0/s1. The van der Waals surface area contributed by atoms with Crippen LogP contribution in [0.15, 0.2) is 54.7 Å². The molecule has 0 radical (unpaired) electrons. The van der Waals surface area contributed by atoms with E-state index in [4.69, 9.17) is 50.5 Å². The Labute approximate surface area is 749 Å². The van der Waals surface area contributed by atoms with E-state index in [1.165, 1.54) is 30.5 Å². The molecule has 1 aromatic heterocycles. The monoisotopic (exact) mass is 1860 g/mol. The number of aliphatic hydroxyl groups is 4. The summed E-state index contributed by atoms with van der Waals surface area (Å²) < 4.78 is 0. The van der Waals surface area contributed by atoms with E-state index in [0.29, 0.717) is 22.0 Å². The Bertz CT molecular complexity index is 4410. The number of guanidine groups is 2. The normalized spacial score (nSPS) is 14.2. The molecule has 2 aromatic carbocycles. The lowest BCUT2D eigenvalue weighted by Gasteiger charge is -2.28. The van der Waals surface area contributed by atoms with Gasteiger partial charge in [0.1, 0.15) is 91.1 Å². The number of carboxylic acids is 4. The fourth-order valence-corrected chi connectivity index (χ4v) is 12.5. The number of carbonyl (C=O) groups is 19. The summed E-state index contributed by atoms with van der Waals surface area (Å²) in [5.74, 6) is -24.4. The molecule has 0 bridgehead atoms. The number of halogens is 1. The third kappa shape index (κ3) is 41.5. The van der Waals surface area contributed by atoms with Gasteiger partial charge in [0.15, 0.2) is 11.9 Å². The summed E-state index contributed by atoms with van der Waals surface area (Å²) in [6.45, 7) is -1.65. The van der Waals surface area contributed by atoms with Gasteiger partial charge in [-0.15, -0.1) is 0 Å². The van der Waals surface area contributed by atoms with Crippen LogP contribution in [0.25, 0.3) is 10.9 Å². The lowest BCUT2D eigenvalue weighted by Crippen LogP contribution is -2.61. The number of hydrogen-bond donors (Lipinski definition) is 32. The topological polar surface area (TPSA) is 858 Å². The predicted octanol–water partition coefficient (Wildman–Crippen LogP) is -10.2. The molecule has 0 saturated carbocycles. The lowest BCUT2D eigenvalue weighted by atomic mass is 10.0. The van der Waals surface area contributed by atoms with Gasteiger partial charge in [0.2, 0.25) is 88.6 Å². The molecule has 14 atom stereocenters. The Hall–Kier alpha value is -13.5. The van der Waals surface area contributed by atoms with Gasteiger partial charge in [0.05, 0.1) is 33.0 Å². The van der Waals surface area contributed by atoms with E-state index in [0.717, 1.165) is 6.92 Å². The molecule has 3 rings (SSSR count). The minimum Gasteiger partial charge on any atom is -0.481 e. The summed E-state index contributed by atoms with van der Waals surface area (Å²) in [4.78, 5) is 259. The Balaban J connectivity index is 1.95. The largest absolute Gasteiger partial charge is 0.481 e. The van der Waals surface area contributed by atoms with Crippen LogP contribution in [0, 0.1) is 16.7 Å². The summed E-state index contributed by atoms with van der Waals surface area (Å²) in [5.41, 5.74) is 23.2. The number of aliphatic carboxylic acids is 4. The number of para-hydroxylation sites is 1. The molecule has 15 amide bonds. The van der Waals surface area contributed by atoms with Crippen LogP contribution >= 0.6 is 11.6 Å². The van der Waals surface area contributed by atoms with Crippen molar-refractivity contribution in [1.29, 1.82) is 10.8 Å². The zero-order valence-corrected chi connectivity index (χ0v) is 72.3. The van der Waals surface area contributed by atoms with Crippen LogP contribution in [0.5, 0.6) is 0 Å². The van der Waals surface area contributed by atoms with Gasteiger partial charge in [-0.2, -0.15) is 0 Å². The first kappa shape index (κ1) is 111. The molecule has 51 nitrogen and oxygen atoms in total. The van der Waals surface area contributed by atoms with Gasteiger partial charge in [0, 0.05) is 67.3 Å². The number of nitrogens with two attached hydrogens (primary N) is 4. The number of carboxylic acid groups (broad SMARTS) is 4. The van der Waals surface area contributed by atoms with Crippen LogP contribution in [0.1, 0.15) is 122 Å². The fraction of sp³-hybridized carbons (Fsp3) is 0.551. The van der Waals surface area contributed by atoms with Crippen LogP contribution in [0.2, 0.25) is 5.02 Å². The minimum absolute atomic E-state index is 0.00923. The van der Waals surface area contributed by atoms with E-state index in [1.54, 1.807) is 38.1 Å². The van der Waals surface area contributed by atoms with E-state index >= 15 is 0 Å². The van der Waals surface area contributed by atoms with Crippen molar-refractivity contribution < 1.29 is 132 Å². The van der Waals surface area contributed by atoms with E-state index in [-0.39, 0.29) is 82.4 Å². The maximum atomic E-state index is 15.0. The number of unbranched alkanes of at least 4 members (excludes halogenated alkanes) is 1. The highest BCUT2D eigenvalue weighted by molar-refractivity contribution is 6.30. The van der Waals surface area contributed by atoms with Gasteiger partial charge in [-0.25, -0.2) is 0 Å². The van der Waals surface area contributed by atoms with Gasteiger partial charge in [-0.05, 0) is 119 Å². The number of carbonyl (C=O) groups excluding carboxylic acids is 15. The second-order valence-electron chi connectivity index (χ2n) is 30.3. The molecule has 0 aliphatic carbocycles. The number of fused-ring (bicyclic) bond motifs is 1. The van der Waals surface area contributed by atoms with Crippen LogP contribution in [-0.4, -0.2) is 314 Å². The maximum Gasteiger partial charge on any atom is 0.322 e. The quantitative estimate of drug-likeness (QED) is 0.0142. The van der Waals surface area contributed by atoms with Gasteiger partial charge in [-0.1, -0.05) is 55.8 Å². The molecule has 1 heterocycles. The first-order chi connectivity index (χ1) is 61.4. The summed E-state index contributed by atoms with van der Waals surface area (Å²) in [7, 11) is 0. The molecule has 0 unspecified atom stereocenters. The second kappa shape index (κ2) is 58.1. The highest BCUT2D eigenvalue weighted by Gasteiger charge is 2.39. The van der Waals surface area contributed by atoms with E-state index in [1.807, 2.05) is 0 Å². The highest BCUT2D eigenvalue weighted by Crippen LogP contribution is 2.21. The van der Waals surface area contributed by atoms with Crippen molar-refractivity contribution in [2.45, 2.75) is 208 Å². The maximum absolute atomic E-state index is 15.0. The van der Waals surface area contributed by atoms with E-state index < -0.39 is 299 Å². The first-order valence-electron chi connectivity index (χ1n) is 41.2. The average molecular weight is 1860 g/mol. The summed E-state index contributed by atoms with van der Waals surface area (Å²) in [6.07, 6.45) is -4.25. The first-order valence-corrected chi connectivity index (χ1v) is 41.5. The highest BCUT2D eigenvalue weighted by atomic mass is 35.5. The van der Waals surface area contributed by atoms with Gasteiger partial charge >= 0.3 is 23.9 Å². The van der Waals surface area contributed by atoms with Crippen molar-refractivity contribution in [2.75, 3.05) is 59.2 Å². The second-order valence-corrected chi connectivity index (χ2v) is 30.7. The summed E-state index contributed by atoms with van der Waals surface area (Å²) >= 11 is 6.20. The van der Waals surface area contributed by atoms with E-state index in [2.05, 4.69) is 95.4 Å². The molecule has 130 heavy (non-hydrogen) atoms. The minimum atomic E-state index is -2.02. The average Bonchev–Trinajstić information content (AvgIpc) is 1.67. The Morgan fingerprint density at radius 3 is 1.17 bits per heavy atom. The Kier molecular flexibility index (Phi) is 49.4. The van der Waals surface area contributed by atoms with Crippen molar-refractivity contribution in [3.8, 4) is 0 Å².